The van der Waals surface area contributed by atoms with E-state index in [1.54, 1.807) is 4.90 Å². The van der Waals surface area contributed by atoms with Gasteiger partial charge in [0.05, 0.1) is 23.9 Å². The highest BCUT2D eigenvalue weighted by Crippen LogP contribution is 2.58. The van der Waals surface area contributed by atoms with Crippen LogP contribution in [0.25, 0.3) is 0 Å². The molecule has 2 aliphatic rings. The predicted octanol–water partition coefficient (Wildman–Crippen LogP) is 4.57. The molecule has 2 aliphatic heterocycles. The van der Waals surface area contributed by atoms with Gasteiger partial charge in [0.25, 0.3) is 5.91 Å². The van der Waals surface area contributed by atoms with Crippen molar-refractivity contribution in [1.82, 2.24) is 0 Å². The highest BCUT2D eigenvalue weighted by molar-refractivity contribution is 8.03. The third kappa shape index (κ3) is 3.47. The first-order valence-corrected chi connectivity index (χ1v) is 12.1. The number of aliphatic carboxylic acids is 1. The van der Waals surface area contributed by atoms with Crippen LogP contribution < -0.4 is 9.80 Å². The van der Waals surface area contributed by atoms with E-state index in [9.17, 15) is 19.5 Å². The number of rotatable bonds is 6. The number of carbonyl (C=O) groups excluding carboxylic acids is 2. The number of nitrogens with zero attached hydrogens (tertiary/aromatic N) is 2. The number of carbonyl (C=O) groups is 3. The van der Waals surface area contributed by atoms with E-state index in [0.29, 0.717) is 17.8 Å². The van der Waals surface area contributed by atoms with Crippen LogP contribution in [0.15, 0.2) is 78.9 Å². The van der Waals surface area contributed by atoms with Gasteiger partial charge in [-0.2, -0.15) is 0 Å². The molecule has 6 nitrogen and oxygen atoms in total. The van der Waals surface area contributed by atoms with Crippen LogP contribution in [0, 0.1) is 0 Å². The standard InChI is InChI=1S/C27H24N2O4S/c1-2-18-12-14-20(15-13-18)29-25(32)23(16-24(30)31)34-27(29)21-10-6-7-11-22(21)28(26(27)33)17-19-8-4-3-5-9-19/h3-15,23H,2,16-17H2,1H3,(H,30,31)/t23-,27-/m1/s1. The first-order valence-electron chi connectivity index (χ1n) is 11.2. The third-order valence-electron chi connectivity index (χ3n) is 6.36. The summed E-state index contributed by atoms with van der Waals surface area (Å²) in [7, 11) is 0. The molecule has 1 spiro atoms. The summed E-state index contributed by atoms with van der Waals surface area (Å²) in [5.74, 6) is -1.66. The maximum absolute atomic E-state index is 14.2. The van der Waals surface area contributed by atoms with E-state index in [1.165, 1.54) is 4.90 Å². The first kappa shape index (κ1) is 22.2. The van der Waals surface area contributed by atoms with E-state index in [-0.39, 0.29) is 18.2 Å². The van der Waals surface area contributed by atoms with Crippen LogP contribution >= 0.6 is 11.8 Å². The minimum Gasteiger partial charge on any atom is -0.481 e. The second-order valence-corrected chi connectivity index (χ2v) is 9.83. The SMILES string of the molecule is CCc1ccc(N2C(=O)[C@@H](CC(=O)O)S[C@]23C(=O)N(Cc2ccccc2)c2ccccc23)cc1. The Morgan fingerprint density at radius 2 is 1.62 bits per heavy atom. The molecule has 172 valence electrons. The molecule has 1 fully saturated rings. The van der Waals surface area contributed by atoms with Gasteiger partial charge in [-0.15, -0.1) is 11.8 Å². The average molecular weight is 473 g/mol. The van der Waals surface area contributed by atoms with Crippen molar-refractivity contribution in [3.8, 4) is 0 Å². The lowest BCUT2D eigenvalue weighted by atomic mass is 10.0. The van der Waals surface area contributed by atoms with Crippen LogP contribution in [-0.2, 0) is 32.2 Å². The number of fused-ring (bicyclic) bond motifs is 2. The van der Waals surface area contributed by atoms with E-state index in [2.05, 4.69) is 6.92 Å². The van der Waals surface area contributed by atoms with Gasteiger partial charge in [-0.05, 0) is 35.7 Å². The third-order valence-corrected chi connectivity index (χ3v) is 7.94. The number of hydrogen-bond donors (Lipinski definition) is 1. The summed E-state index contributed by atoms with van der Waals surface area (Å²) in [5, 5.41) is 8.61. The minimum atomic E-state index is -1.35. The Hall–Kier alpha value is -3.58. The molecular weight excluding hydrogens is 448 g/mol. The Morgan fingerprint density at radius 3 is 2.29 bits per heavy atom. The number of thioether (sulfide) groups is 1. The van der Waals surface area contributed by atoms with Gasteiger partial charge in [-0.1, -0.05) is 67.6 Å². The molecule has 2 atom stereocenters. The van der Waals surface area contributed by atoms with Crippen LogP contribution in [0.2, 0.25) is 0 Å². The van der Waals surface area contributed by atoms with E-state index in [1.807, 2.05) is 78.9 Å². The summed E-state index contributed by atoms with van der Waals surface area (Å²) in [6, 6.07) is 24.8. The second kappa shape index (κ2) is 8.65. The van der Waals surface area contributed by atoms with Crippen molar-refractivity contribution in [3.63, 3.8) is 0 Å². The van der Waals surface area contributed by atoms with Gasteiger partial charge in [0, 0.05) is 11.3 Å². The number of aryl methyl sites for hydroxylation is 1. The second-order valence-electron chi connectivity index (χ2n) is 8.44. The van der Waals surface area contributed by atoms with Crippen molar-refractivity contribution in [2.45, 2.75) is 36.4 Å². The van der Waals surface area contributed by atoms with E-state index >= 15 is 0 Å². The quantitative estimate of drug-likeness (QED) is 0.569. The number of para-hydroxylation sites is 1. The van der Waals surface area contributed by atoms with Gasteiger partial charge in [0.15, 0.2) is 0 Å². The maximum atomic E-state index is 14.2. The summed E-state index contributed by atoms with van der Waals surface area (Å²) in [6.07, 6.45) is 0.505. The van der Waals surface area contributed by atoms with Crippen LogP contribution in [0.3, 0.4) is 0 Å². The molecule has 3 aromatic rings. The molecule has 0 bridgehead atoms. The highest BCUT2D eigenvalue weighted by atomic mass is 32.2. The monoisotopic (exact) mass is 472 g/mol. The molecule has 0 aliphatic carbocycles. The number of carboxylic acid groups (broad SMARTS) is 1. The molecule has 1 saturated heterocycles. The number of benzene rings is 3. The molecule has 0 unspecified atom stereocenters. The Kier molecular flexibility index (Phi) is 5.65. The van der Waals surface area contributed by atoms with Gasteiger partial charge in [-0.3, -0.25) is 19.3 Å². The Morgan fingerprint density at radius 1 is 0.941 bits per heavy atom. The zero-order chi connectivity index (χ0) is 23.9. The van der Waals surface area contributed by atoms with Gasteiger partial charge in [-0.25, -0.2) is 0 Å². The summed E-state index contributed by atoms with van der Waals surface area (Å²) in [4.78, 5) is 41.4. The molecular formula is C27H24N2O4S. The smallest absolute Gasteiger partial charge is 0.305 e. The zero-order valence-corrected chi connectivity index (χ0v) is 19.5. The fourth-order valence-corrected chi connectivity index (χ4v) is 6.40. The minimum absolute atomic E-state index is 0.233. The van der Waals surface area contributed by atoms with Gasteiger partial charge >= 0.3 is 5.97 Å². The van der Waals surface area contributed by atoms with Crippen molar-refractivity contribution in [1.29, 1.82) is 0 Å². The Bertz CT molecular complexity index is 1260. The predicted molar refractivity (Wildman–Crippen MR) is 133 cm³/mol. The molecule has 5 rings (SSSR count). The lowest BCUT2D eigenvalue weighted by molar-refractivity contribution is -0.138. The fourth-order valence-electron chi connectivity index (χ4n) is 4.74. The van der Waals surface area contributed by atoms with Crippen LogP contribution in [0.4, 0.5) is 11.4 Å². The first-order chi connectivity index (χ1) is 16.5. The van der Waals surface area contributed by atoms with Crippen LogP contribution in [0.1, 0.15) is 30.0 Å². The van der Waals surface area contributed by atoms with Gasteiger partial charge in [0.1, 0.15) is 0 Å². The molecule has 3 aromatic carbocycles. The molecule has 0 saturated carbocycles. The van der Waals surface area contributed by atoms with E-state index in [4.69, 9.17) is 0 Å². The summed E-state index contributed by atoms with van der Waals surface area (Å²) in [6.45, 7) is 2.41. The van der Waals surface area contributed by atoms with Crippen molar-refractivity contribution in [3.05, 3.63) is 95.6 Å². The fraction of sp³-hybridized carbons (Fsp3) is 0.222. The summed E-state index contributed by atoms with van der Waals surface area (Å²) < 4.78 is 0. The maximum Gasteiger partial charge on any atom is 0.305 e. The highest BCUT2D eigenvalue weighted by Gasteiger charge is 2.64. The number of amides is 2. The molecule has 0 radical (unpaired) electrons. The lowest BCUT2D eigenvalue weighted by Gasteiger charge is -2.33. The molecule has 34 heavy (non-hydrogen) atoms. The van der Waals surface area contributed by atoms with E-state index < -0.39 is 16.1 Å². The number of carboxylic acids is 1. The topological polar surface area (TPSA) is 77.9 Å². The van der Waals surface area contributed by atoms with Crippen molar-refractivity contribution in [2.75, 3.05) is 9.80 Å². The zero-order valence-electron chi connectivity index (χ0n) is 18.7. The van der Waals surface area contributed by atoms with E-state index in [0.717, 1.165) is 35.0 Å². The molecule has 2 heterocycles. The normalized spacial score (nSPS) is 21.4. The number of hydrogen-bond acceptors (Lipinski definition) is 4. The van der Waals surface area contributed by atoms with Crippen molar-refractivity contribution >= 4 is 40.9 Å². The molecule has 7 heteroatoms. The summed E-state index contributed by atoms with van der Waals surface area (Å²) in [5.41, 5.74) is 4.12. The molecule has 2 amide bonds. The Labute approximate surface area is 202 Å². The van der Waals surface area contributed by atoms with Crippen molar-refractivity contribution in [2.24, 2.45) is 0 Å². The molecule has 0 aromatic heterocycles. The largest absolute Gasteiger partial charge is 0.481 e. The molecule has 1 N–H and O–H groups in total. The average Bonchev–Trinajstić information content (AvgIpc) is 3.26. The summed E-state index contributed by atoms with van der Waals surface area (Å²) >= 11 is 1.14. The van der Waals surface area contributed by atoms with Crippen LogP contribution in [-0.4, -0.2) is 28.1 Å². The number of anilines is 2. The van der Waals surface area contributed by atoms with Gasteiger partial charge < -0.3 is 10.0 Å². The van der Waals surface area contributed by atoms with Crippen molar-refractivity contribution < 1.29 is 19.5 Å². The Balaban J connectivity index is 1.66. The van der Waals surface area contributed by atoms with Crippen LogP contribution in [0.5, 0.6) is 0 Å². The lowest BCUT2D eigenvalue weighted by Crippen LogP contribution is -2.49. The van der Waals surface area contributed by atoms with Gasteiger partial charge in [0.2, 0.25) is 10.8 Å².